The number of anilines is 1. The highest BCUT2D eigenvalue weighted by molar-refractivity contribution is 7.09. The molecule has 2 N–H and O–H groups in total. The van der Waals surface area contributed by atoms with Crippen LogP contribution < -0.4 is 5.32 Å². The van der Waals surface area contributed by atoms with Gasteiger partial charge in [0.05, 0.1) is 5.60 Å². The highest BCUT2D eigenvalue weighted by Crippen LogP contribution is 2.32. The maximum absolute atomic E-state index is 10.5. The molecule has 0 bridgehead atoms. The lowest BCUT2D eigenvalue weighted by Crippen LogP contribution is -2.41. The van der Waals surface area contributed by atoms with Crippen LogP contribution in [0.2, 0.25) is 0 Å². The molecule has 0 amide bonds. The van der Waals surface area contributed by atoms with Crippen LogP contribution in [0.25, 0.3) is 0 Å². The number of hydrogen-bond acceptors (Lipinski definition) is 5. The molecule has 1 fully saturated rings. The number of hydrogen-bond donors (Lipinski definition) is 2. The quantitative estimate of drug-likeness (QED) is 0.867. The molecule has 17 heavy (non-hydrogen) atoms. The van der Waals surface area contributed by atoms with Crippen LogP contribution in [0.3, 0.4) is 0 Å². The second-order valence-electron chi connectivity index (χ2n) is 5.15. The van der Waals surface area contributed by atoms with Gasteiger partial charge in [-0.15, -0.1) is 0 Å². The fourth-order valence-electron chi connectivity index (χ4n) is 2.50. The van der Waals surface area contributed by atoms with Crippen LogP contribution in [-0.4, -0.2) is 26.6 Å². The van der Waals surface area contributed by atoms with Crippen molar-refractivity contribution in [3.63, 3.8) is 0 Å². The van der Waals surface area contributed by atoms with E-state index in [0.29, 0.717) is 12.5 Å². The summed E-state index contributed by atoms with van der Waals surface area (Å²) in [4.78, 5) is 4.35. The topological polar surface area (TPSA) is 58.0 Å². The Hall–Kier alpha value is -0.680. The van der Waals surface area contributed by atoms with Crippen LogP contribution in [0.15, 0.2) is 0 Å². The van der Waals surface area contributed by atoms with E-state index < -0.39 is 5.60 Å². The molecular formula is C12H21N3OS. The lowest BCUT2D eigenvalue weighted by Gasteiger charge is -2.35. The predicted octanol–water partition coefficient (Wildman–Crippen LogP) is 2.45. The zero-order valence-electron chi connectivity index (χ0n) is 10.6. The molecule has 0 radical (unpaired) electrons. The van der Waals surface area contributed by atoms with Gasteiger partial charge in [-0.1, -0.05) is 26.7 Å². The van der Waals surface area contributed by atoms with E-state index in [1.807, 2.05) is 6.92 Å². The molecule has 5 heteroatoms. The normalized spacial score (nSPS) is 29.2. The number of nitrogens with zero attached hydrogens (tertiary/aromatic N) is 2. The molecule has 2 unspecified atom stereocenters. The van der Waals surface area contributed by atoms with Gasteiger partial charge in [0.1, 0.15) is 5.82 Å². The first kappa shape index (κ1) is 12.8. The van der Waals surface area contributed by atoms with Crippen molar-refractivity contribution in [3.8, 4) is 0 Å². The van der Waals surface area contributed by atoms with E-state index >= 15 is 0 Å². The molecule has 0 spiro atoms. The Bertz CT molecular complexity index is 368. The van der Waals surface area contributed by atoms with E-state index in [-0.39, 0.29) is 0 Å². The van der Waals surface area contributed by atoms with E-state index in [1.54, 1.807) is 0 Å². The summed E-state index contributed by atoms with van der Waals surface area (Å²) in [5, 5.41) is 14.5. The van der Waals surface area contributed by atoms with Crippen LogP contribution >= 0.6 is 11.5 Å². The molecule has 2 rings (SSSR count). The first-order valence-corrected chi connectivity index (χ1v) is 7.17. The number of rotatable bonds is 4. The first-order chi connectivity index (χ1) is 8.11. The van der Waals surface area contributed by atoms with Crippen LogP contribution in [0, 0.1) is 5.92 Å². The number of aromatic nitrogens is 2. The maximum Gasteiger partial charge on any atom is 0.202 e. The highest BCUT2D eigenvalue weighted by atomic mass is 32.1. The first-order valence-electron chi connectivity index (χ1n) is 6.40. The molecule has 1 aliphatic carbocycles. The molecule has 1 aliphatic rings. The zero-order valence-corrected chi connectivity index (χ0v) is 11.4. The van der Waals surface area contributed by atoms with E-state index in [0.717, 1.165) is 36.6 Å². The summed E-state index contributed by atoms with van der Waals surface area (Å²) in [7, 11) is 0. The molecule has 4 nitrogen and oxygen atoms in total. The van der Waals surface area contributed by atoms with Crippen molar-refractivity contribution >= 4 is 16.7 Å². The molecular weight excluding hydrogens is 234 g/mol. The van der Waals surface area contributed by atoms with E-state index in [4.69, 9.17) is 0 Å². The minimum absolute atomic E-state index is 0.560. The third kappa shape index (κ3) is 3.39. The Morgan fingerprint density at radius 2 is 2.41 bits per heavy atom. The van der Waals surface area contributed by atoms with Gasteiger partial charge in [-0.25, -0.2) is 4.98 Å². The van der Waals surface area contributed by atoms with Crippen molar-refractivity contribution in [2.75, 3.05) is 11.9 Å². The predicted molar refractivity (Wildman–Crippen MR) is 70.4 cm³/mol. The summed E-state index contributed by atoms with van der Waals surface area (Å²) >= 11 is 1.38. The lowest BCUT2D eigenvalue weighted by atomic mass is 9.79. The molecule has 96 valence electrons. The van der Waals surface area contributed by atoms with Crippen LogP contribution in [-0.2, 0) is 6.42 Å². The minimum Gasteiger partial charge on any atom is -0.388 e. The molecule has 1 saturated carbocycles. The summed E-state index contributed by atoms with van der Waals surface area (Å²) in [6.45, 7) is 4.85. The Morgan fingerprint density at radius 3 is 3.06 bits per heavy atom. The Kier molecular flexibility index (Phi) is 3.99. The van der Waals surface area contributed by atoms with Crippen molar-refractivity contribution in [1.82, 2.24) is 9.36 Å². The van der Waals surface area contributed by atoms with E-state index in [2.05, 4.69) is 21.6 Å². The molecule has 1 aromatic heterocycles. The fraction of sp³-hybridized carbons (Fsp3) is 0.833. The Balaban J connectivity index is 1.88. The number of nitrogens with one attached hydrogen (secondary N) is 1. The zero-order chi connectivity index (χ0) is 12.3. The molecule has 0 saturated heterocycles. The average Bonchev–Trinajstić information content (AvgIpc) is 2.74. The van der Waals surface area contributed by atoms with Gasteiger partial charge in [-0.3, -0.25) is 0 Å². The molecule has 1 heterocycles. The van der Waals surface area contributed by atoms with Crippen molar-refractivity contribution < 1.29 is 5.11 Å². The number of aryl methyl sites for hydroxylation is 1. The third-order valence-electron chi connectivity index (χ3n) is 3.42. The van der Waals surface area contributed by atoms with Gasteiger partial charge in [0.15, 0.2) is 0 Å². The van der Waals surface area contributed by atoms with Crippen LogP contribution in [0.4, 0.5) is 5.13 Å². The Labute approximate surface area is 107 Å². The largest absolute Gasteiger partial charge is 0.388 e. The van der Waals surface area contributed by atoms with Crippen molar-refractivity contribution in [3.05, 3.63) is 5.82 Å². The van der Waals surface area contributed by atoms with E-state index in [9.17, 15) is 5.11 Å². The standard InChI is InChI=1S/C12H21N3OS/c1-3-10-14-11(17-15-10)13-8-12(16)6-4-5-9(2)7-12/h9,16H,3-8H2,1-2H3,(H,13,14,15). The summed E-state index contributed by atoms with van der Waals surface area (Å²) in [6.07, 6.45) is 5.00. The number of aliphatic hydroxyl groups is 1. The Morgan fingerprint density at radius 1 is 1.59 bits per heavy atom. The fourth-order valence-corrected chi connectivity index (χ4v) is 3.15. The van der Waals surface area contributed by atoms with Crippen molar-refractivity contribution in [2.45, 2.75) is 51.6 Å². The van der Waals surface area contributed by atoms with Gasteiger partial charge in [-0.2, -0.15) is 4.37 Å². The minimum atomic E-state index is -0.560. The second kappa shape index (κ2) is 5.31. The van der Waals surface area contributed by atoms with E-state index in [1.165, 1.54) is 18.0 Å². The summed E-state index contributed by atoms with van der Waals surface area (Å²) in [5.74, 6) is 1.50. The van der Waals surface area contributed by atoms with Crippen LogP contribution in [0.1, 0.15) is 45.4 Å². The van der Waals surface area contributed by atoms with Crippen molar-refractivity contribution in [2.24, 2.45) is 5.92 Å². The highest BCUT2D eigenvalue weighted by Gasteiger charge is 2.32. The molecule has 1 aromatic rings. The molecule has 2 atom stereocenters. The monoisotopic (exact) mass is 255 g/mol. The van der Waals surface area contributed by atoms with Gasteiger partial charge in [0, 0.05) is 24.5 Å². The van der Waals surface area contributed by atoms with Gasteiger partial charge >= 0.3 is 0 Å². The van der Waals surface area contributed by atoms with Gasteiger partial charge in [0.25, 0.3) is 0 Å². The smallest absolute Gasteiger partial charge is 0.202 e. The van der Waals surface area contributed by atoms with Gasteiger partial charge < -0.3 is 10.4 Å². The second-order valence-corrected chi connectivity index (χ2v) is 5.90. The van der Waals surface area contributed by atoms with Crippen LogP contribution in [0.5, 0.6) is 0 Å². The SMILES string of the molecule is CCc1nsc(NCC2(O)CCCC(C)C2)n1. The summed E-state index contributed by atoms with van der Waals surface area (Å²) in [6, 6.07) is 0. The molecule has 0 aromatic carbocycles. The third-order valence-corrected chi connectivity index (χ3v) is 4.13. The summed E-state index contributed by atoms with van der Waals surface area (Å²) in [5.41, 5.74) is -0.560. The van der Waals surface area contributed by atoms with Gasteiger partial charge in [0.2, 0.25) is 5.13 Å². The summed E-state index contributed by atoms with van der Waals surface area (Å²) < 4.78 is 4.22. The molecule has 0 aliphatic heterocycles. The van der Waals surface area contributed by atoms with Crippen molar-refractivity contribution in [1.29, 1.82) is 0 Å². The average molecular weight is 255 g/mol. The lowest BCUT2D eigenvalue weighted by molar-refractivity contribution is -0.000766. The maximum atomic E-state index is 10.5. The van der Waals surface area contributed by atoms with Gasteiger partial charge in [-0.05, 0) is 18.8 Å².